The maximum absolute atomic E-state index is 13.2. The predicted octanol–water partition coefficient (Wildman–Crippen LogP) is 5.16. The Kier molecular flexibility index (Phi) is 8.98. The number of benzene rings is 1. The summed E-state index contributed by atoms with van der Waals surface area (Å²) < 4.78 is 11.8. The summed E-state index contributed by atoms with van der Waals surface area (Å²) in [7, 11) is 1.59. The molecule has 7 nitrogen and oxygen atoms in total. The first-order chi connectivity index (χ1) is 16.7. The number of aryl methyl sites for hydroxylation is 2. The third-order valence-corrected chi connectivity index (χ3v) is 7.63. The van der Waals surface area contributed by atoms with Gasteiger partial charge < -0.3 is 30.7 Å². The Balaban J connectivity index is 1.87. The topological polar surface area (TPSA) is 114 Å². The zero-order chi connectivity index (χ0) is 25.6. The maximum atomic E-state index is 13.2. The normalized spacial score (nSPS) is 21.7. The fourth-order valence-electron chi connectivity index (χ4n) is 5.42. The van der Waals surface area contributed by atoms with Gasteiger partial charge in [0, 0.05) is 36.8 Å². The Morgan fingerprint density at radius 1 is 1.23 bits per heavy atom. The van der Waals surface area contributed by atoms with Gasteiger partial charge in [-0.3, -0.25) is 0 Å². The summed E-state index contributed by atoms with van der Waals surface area (Å²) in [4.78, 5) is 13.2. The van der Waals surface area contributed by atoms with Crippen LogP contribution in [0.5, 0.6) is 11.5 Å². The van der Waals surface area contributed by atoms with E-state index in [0.717, 1.165) is 55.5 Å². The number of hydrogen-bond donors (Lipinski definition) is 4. The standard InChI is InChI=1S/C28H42N2O5/c1-5-13-30-18(3)23(29)15-22-25(32)17-28(35-27(22)33,21-9-7-8-10-21)12-11-20-14-19(6-2)24(31)16-26(20)34-4/h14,16,21,30-32H,5-13,15,17,29H2,1-4H3/b23-18-. The molecule has 1 aromatic carbocycles. The SMILES string of the molecule is CCCN/C(C)=C(\N)CC1=C(O)CC(CCc2cc(CC)c(O)cc2OC)(C2CCCC2)OC1=O. The van der Waals surface area contributed by atoms with Gasteiger partial charge in [-0.15, -0.1) is 0 Å². The second kappa shape index (κ2) is 11.7. The third kappa shape index (κ3) is 6.06. The number of rotatable bonds is 11. The van der Waals surface area contributed by atoms with E-state index < -0.39 is 11.6 Å². The van der Waals surface area contributed by atoms with Crippen LogP contribution in [0.25, 0.3) is 0 Å². The van der Waals surface area contributed by atoms with Crippen molar-refractivity contribution < 1.29 is 24.5 Å². The number of aromatic hydroxyl groups is 1. The van der Waals surface area contributed by atoms with E-state index in [9.17, 15) is 15.0 Å². The molecule has 0 aromatic heterocycles. The van der Waals surface area contributed by atoms with Gasteiger partial charge >= 0.3 is 5.97 Å². The molecule has 194 valence electrons. The Morgan fingerprint density at radius 2 is 1.94 bits per heavy atom. The van der Waals surface area contributed by atoms with Gasteiger partial charge in [0.15, 0.2) is 0 Å². The van der Waals surface area contributed by atoms with Gasteiger partial charge in [-0.2, -0.15) is 0 Å². The highest BCUT2D eigenvalue weighted by molar-refractivity contribution is 5.90. The number of carbonyl (C=O) groups is 1. The third-order valence-electron chi connectivity index (χ3n) is 7.63. The Labute approximate surface area is 209 Å². The molecule has 35 heavy (non-hydrogen) atoms. The van der Waals surface area contributed by atoms with E-state index in [1.54, 1.807) is 13.2 Å². The summed E-state index contributed by atoms with van der Waals surface area (Å²) in [6, 6.07) is 3.63. The fraction of sp³-hybridized carbons (Fsp3) is 0.607. The zero-order valence-corrected chi connectivity index (χ0v) is 21.7. The van der Waals surface area contributed by atoms with E-state index in [4.69, 9.17) is 15.2 Å². The van der Waals surface area contributed by atoms with Gasteiger partial charge in [0.05, 0.1) is 12.7 Å². The molecular formula is C28H42N2O5. The van der Waals surface area contributed by atoms with E-state index in [0.29, 0.717) is 37.1 Å². The molecular weight excluding hydrogens is 444 g/mol. The van der Waals surface area contributed by atoms with Crippen LogP contribution >= 0.6 is 0 Å². The predicted molar refractivity (Wildman–Crippen MR) is 137 cm³/mol. The molecule has 0 bridgehead atoms. The highest BCUT2D eigenvalue weighted by Crippen LogP contribution is 2.46. The molecule has 2 aliphatic rings. The fourth-order valence-corrected chi connectivity index (χ4v) is 5.42. The van der Waals surface area contributed by atoms with E-state index in [1.807, 2.05) is 19.9 Å². The van der Waals surface area contributed by atoms with Gasteiger partial charge in [0.25, 0.3) is 0 Å². The summed E-state index contributed by atoms with van der Waals surface area (Å²) in [5.41, 5.74) is 8.91. The van der Waals surface area contributed by atoms with Gasteiger partial charge in [0.1, 0.15) is 22.9 Å². The van der Waals surface area contributed by atoms with Crippen molar-refractivity contribution in [2.45, 2.75) is 90.6 Å². The molecule has 0 amide bonds. The lowest BCUT2D eigenvalue weighted by atomic mass is 9.76. The van der Waals surface area contributed by atoms with E-state index in [-0.39, 0.29) is 29.4 Å². The quantitative estimate of drug-likeness (QED) is 0.319. The molecule has 1 heterocycles. The van der Waals surface area contributed by atoms with Crippen LogP contribution in [0.3, 0.4) is 0 Å². The highest BCUT2D eigenvalue weighted by atomic mass is 16.6. The van der Waals surface area contributed by atoms with Crippen molar-refractivity contribution in [2.24, 2.45) is 11.7 Å². The highest BCUT2D eigenvalue weighted by Gasteiger charge is 2.48. The lowest BCUT2D eigenvalue weighted by Crippen LogP contribution is -2.46. The molecule has 3 rings (SSSR count). The zero-order valence-electron chi connectivity index (χ0n) is 21.7. The molecule has 1 fully saturated rings. The van der Waals surface area contributed by atoms with Crippen LogP contribution < -0.4 is 15.8 Å². The van der Waals surface area contributed by atoms with Crippen LogP contribution in [0.1, 0.15) is 83.3 Å². The second-order valence-electron chi connectivity index (χ2n) is 9.94. The molecule has 1 aromatic rings. The minimum Gasteiger partial charge on any atom is -0.512 e. The minimum atomic E-state index is -0.760. The Bertz CT molecular complexity index is 978. The molecule has 1 atom stereocenters. The summed E-state index contributed by atoms with van der Waals surface area (Å²) in [6.45, 7) is 6.75. The monoisotopic (exact) mass is 486 g/mol. The smallest absolute Gasteiger partial charge is 0.338 e. The number of hydrogen-bond acceptors (Lipinski definition) is 7. The number of aliphatic hydroxyl groups excluding tert-OH is 1. The molecule has 1 aliphatic heterocycles. The summed E-state index contributed by atoms with van der Waals surface area (Å²) in [5, 5.41) is 24.6. The van der Waals surface area contributed by atoms with Crippen LogP contribution in [0.2, 0.25) is 0 Å². The number of phenols is 1. The van der Waals surface area contributed by atoms with Crippen LogP contribution in [-0.4, -0.2) is 35.4 Å². The van der Waals surface area contributed by atoms with Crippen LogP contribution in [0.15, 0.2) is 34.9 Å². The van der Waals surface area contributed by atoms with Crippen molar-refractivity contribution in [2.75, 3.05) is 13.7 Å². The van der Waals surface area contributed by atoms with Crippen LogP contribution in [0.4, 0.5) is 0 Å². The Hall–Kier alpha value is -2.83. The lowest BCUT2D eigenvalue weighted by Gasteiger charge is -2.42. The molecule has 1 aliphatic carbocycles. The average molecular weight is 487 g/mol. The lowest BCUT2D eigenvalue weighted by molar-refractivity contribution is -0.167. The molecule has 0 saturated heterocycles. The number of methoxy groups -OCH3 is 1. The molecule has 0 radical (unpaired) electrons. The number of esters is 1. The number of nitrogens with two attached hydrogens (primary N) is 1. The number of nitrogens with one attached hydrogen (secondary N) is 1. The first kappa shape index (κ1) is 26.8. The molecule has 7 heteroatoms. The summed E-state index contributed by atoms with van der Waals surface area (Å²) in [5.74, 6) is 0.661. The number of aliphatic hydroxyl groups is 1. The van der Waals surface area contributed by atoms with Crippen molar-refractivity contribution in [3.05, 3.63) is 46.0 Å². The number of ether oxygens (including phenoxy) is 2. The van der Waals surface area contributed by atoms with E-state index >= 15 is 0 Å². The van der Waals surface area contributed by atoms with E-state index in [2.05, 4.69) is 12.2 Å². The number of allylic oxidation sites excluding steroid dienone is 2. The summed E-state index contributed by atoms with van der Waals surface area (Å²) >= 11 is 0. The number of carbonyl (C=O) groups excluding carboxylic acids is 1. The number of cyclic esters (lactones) is 1. The van der Waals surface area contributed by atoms with Crippen molar-refractivity contribution in [1.29, 1.82) is 0 Å². The second-order valence-corrected chi connectivity index (χ2v) is 9.94. The van der Waals surface area contributed by atoms with Crippen LogP contribution in [-0.2, 0) is 22.4 Å². The molecule has 0 spiro atoms. The van der Waals surface area contributed by atoms with E-state index in [1.165, 1.54) is 0 Å². The first-order valence-electron chi connectivity index (χ1n) is 13.0. The van der Waals surface area contributed by atoms with Crippen molar-refractivity contribution >= 4 is 5.97 Å². The van der Waals surface area contributed by atoms with Crippen molar-refractivity contribution in [1.82, 2.24) is 5.32 Å². The van der Waals surface area contributed by atoms with Gasteiger partial charge in [-0.05, 0) is 68.6 Å². The first-order valence-corrected chi connectivity index (χ1v) is 13.0. The number of phenolic OH excluding ortho intramolecular Hbond substituents is 1. The van der Waals surface area contributed by atoms with Gasteiger partial charge in [0.2, 0.25) is 0 Å². The average Bonchev–Trinajstić information content (AvgIpc) is 3.39. The minimum absolute atomic E-state index is 0.0892. The van der Waals surface area contributed by atoms with Crippen LogP contribution in [0, 0.1) is 5.92 Å². The molecule has 1 saturated carbocycles. The maximum Gasteiger partial charge on any atom is 0.338 e. The molecule has 1 unspecified atom stereocenters. The molecule has 5 N–H and O–H groups in total. The Morgan fingerprint density at radius 3 is 2.54 bits per heavy atom. The van der Waals surface area contributed by atoms with Crippen molar-refractivity contribution in [3.8, 4) is 11.5 Å². The summed E-state index contributed by atoms with van der Waals surface area (Å²) in [6.07, 6.45) is 7.49. The van der Waals surface area contributed by atoms with Crippen molar-refractivity contribution in [3.63, 3.8) is 0 Å². The van der Waals surface area contributed by atoms with Gasteiger partial charge in [-0.1, -0.05) is 26.7 Å². The van der Waals surface area contributed by atoms with Gasteiger partial charge in [-0.25, -0.2) is 4.79 Å². The largest absolute Gasteiger partial charge is 0.512 e.